The van der Waals surface area contributed by atoms with Gasteiger partial charge in [-0.2, -0.15) is 0 Å². The normalized spacial score (nSPS) is 51.7. The van der Waals surface area contributed by atoms with Gasteiger partial charge in [-0.05, 0) is 0 Å². The van der Waals surface area contributed by atoms with Crippen molar-refractivity contribution in [3.63, 3.8) is 0 Å². The summed E-state index contributed by atoms with van der Waals surface area (Å²) in [5, 5.41) is 76.1. The van der Waals surface area contributed by atoms with E-state index < -0.39 is 74.6 Å². The molecule has 0 saturated carbocycles. The number of rotatable bonds is 4. The lowest BCUT2D eigenvalue weighted by atomic mass is 9.98. The highest BCUT2D eigenvalue weighted by Crippen LogP contribution is 2.24. The van der Waals surface area contributed by atoms with Crippen molar-refractivity contribution in [2.75, 3.05) is 13.2 Å². The van der Waals surface area contributed by atoms with E-state index in [2.05, 4.69) is 0 Å². The van der Waals surface area contributed by atoms with E-state index in [1.807, 2.05) is 0 Å². The average Bonchev–Trinajstić information content (AvgIpc) is 2.54. The summed E-state index contributed by atoms with van der Waals surface area (Å²) in [5.74, 6) is 0. The molecule has 2 saturated heterocycles. The van der Waals surface area contributed by atoms with Crippen LogP contribution in [0, 0.1) is 0 Å². The molecule has 2 aliphatic heterocycles. The molecule has 0 unspecified atom stereocenters. The highest BCUT2D eigenvalue weighted by molar-refractivity contribution is 4.91. The quantitative estimate of drug-likeness (QED) is 0.243. The molecule has 0 aromatic rings. The van der Waals surface area contributed by atoms with E-state index in [0.717, 1.165) is 0 Å². The topological polar surface area (TPSA) is 190 Å². The third-order valence-corrected chi connectivity index (χ3v) is 3.96. The van der Waals surface area contributed by atoms with Gasteiger partial charge in [0.25, 0.3) is 0 Å². The molecule has 0 radical (unpaired) electrons. The molecule has 8 N–H and O–H groups in total. The molecule has 0 aromatic carbocycles. The van der Waals surface area contributed by atoms with Gasteiger partial charge in [-0.1, -0.05) is 0 Å². The Balaban J connectivity index is 1.94. The van der Waals surface area contributed by atoms with Gasteiger partial charge in [-0.25, -0.2) is 0 Å². The highest BCUT2D eigenvalue weighted by atomic mass is 16.7. The van der Waals surface area contributed by atoms with Gasteiger partial charge in [0.2, 0.25) is 0 Å². The molecule has 0 amide bonds. The molecule has 0 aromatic heterocycles. The maximum Gasteiger partial charge on any atom is 0.186 e. The summed E-state index contributed by atoms with van der Waals surface area (Å²) in [6.07, 6.45) is -15.3. The summed E-state index contributed by atoms with van der Waals surface area (Å²) >= 11 is 0. The molecule has 2 fully saturated rings. The fourth-order valence-electron chi connectivity index (χ4n) is 2.46. The summed E-state index contributed by atoms with van der Waals surface area (Å²) < 4.78 is 15.1. The Labute approximate surface area is 130 Å². The van der Waals surface area contributed by atoms with E-state index >= 15 is 0 Å². The Morgan fingerprint density at radius 2 is 1.22 bits per heavy atom. The molecule has 0 bridgehead atoms. The van der Waals surface area contributed by atoms with Crippen LogP contribution in [0.1, 0.15) is 0 Å². The van der Waals surface area contributed by atoms with Crippen molar-refractivity contribution in [3.8, 4) is 0 Å². The zero-order valence-corrected chi connectivity index (χ0v) is 12.0. The van der Waals surface area contributed by atoms with Crippen LogP contribution in [0.4, 0.5) is 0 Å². The van der Waals surface area contributed by atoms with Gasteiger partial charge in [-0.15, -0.1) is 0 Å². The second kappa shape index (κ2) is 7.63. The van der Waals surface area contributed by atoms with Crippen LogP contribution in [-0.4, -0.2) is 115 Å². The van der Waals surface area contributed by atoms with Crippen molar-refractivity contribution in [2.45, 2.75) is 61.4 Å². The molecule has 136 valence electrons. The smallest absolute Gasteiger partial charge is 0.186 e. The number of aliphatic hydroxyl groups excluding tert-OH is 8. The van der Waals surface area contributed by atoms with Crippen LogP contribution in [0.3, 0.4) is 0 Å². The summed E-state index contributed by atoms with van der Waals surface area (Å²) in [7, 11) is 0. The molecule has 2 rings (SSSR count). The van der Waals surface area contributed by atoms with Gasteiger partial charge in [0, 0.05) is 0 Å². The van der Waals surface area contributed by atoms with E-state index in [1.54, 1.807) is 0 Å². The largest absolute Gasteiger partial charge is 0.394 e. The predicted octanol–water partition coefficient (Wildman–Crippen LogP) is -5.40. The molecule has 2 heterocycles. The van der Waals surface area contributed by atoms with Crippen LogP contribution in [0.15, 0.2) is 0 Å². The predicted molar refractivity (Wildman–Crippen MR) is 68.6 cm³/mol. The second-order valence-corrected chi connectivity index (χ2v) is 5.57. The van der Waals surface area contributed by atoms with Crippen molar-refractivity contribution in [2.24, 2.45) is 0 Å². The van der Waals surface area contributed by atoms with Gasteiger partial charge in [-0.3, -0.25) is 0 Å². The molecule has 0 aliphatic carbocycles. The highest BCUT2D eigenvalue weighted by Gasteiger charge is 2.46. The number of aliphatic hydroxyl groups is 8. The maximum atomic E-state index is 9.78. The van der Waals surface area contributed by atoms with Gasteiger partial charge in [0.1, 0.15) is 48.8 Å². The lowest BCUT2D eigenvalue weighted by Crippen LogP contribution is -2.61. The minimum Gasteiger partial charge on any atom is -0.394 e. The van der Waals surface area contributed by atoms with Crippen molar-refractivity contribution in [3.05, 3.63) is 0 Å². The first-order valence-electron chi connectivity index (χ1n) is 7.07. The summed E-state index contributed by atoms with van der Waals surface area (Å²) in [6.45, 7) is -1.10. The van der Waals surface area contributed by atoms with Crippen LogP contribution < -0.4 is 0 Å². The molecular formula is C12H22O11. The van der Waals surface area contributed by atoms with Crippen LogP contribution in [0.2, 0.25) is 0 Å². The fraction of sp³-hybridized carbons (Fsp3) is 1.00. The van der Waals surface area contributed by atoms with Crippen molar-refractivity contribution in [1.82, 2.24) is 0 Å². The van der Waals surface area contributed by atoms with Crippen molar-refractivity contribution >= 4 is 0 Å². The molecule has 23 heavy (non-hydrogen) atoms. The van der Waals surface area contributed by atoms with E-state index in [-0.39, 0.29) is 0 Å². The van der Waals surface area contributed by atoms with Crippen LogP contribution in [-0.2, 0) is 14.2 Å². The molecule has 10 atom stereocenters. The van der Waals surface area contributed by atoms with Gasteiger partial charge < -0.3 is 55.1 Å². The van der Waals surface area contributed by atoms with Gasteiger partial charge in [0.05, 0.1) is 13.2 Å². The molecule has 2 aliphatic rings. The van der Waals surface area contributed by atoms with Gasteiger partial charge >= 0.3 is 0 Å². The second-order valence-electron chi connectivity index (χ2n) is 5.57. The van der Waals surface area contributed by atoms with E-state index in [0.29, 0.717) is 0 Å². The molecule has 11 nitrogen and oxygen atoms in total. The third kappa shape index (κ3) is 3.81. The first-order valence-corrected chi connectivity index (χ1v) is 7.07. The zero-order valence-electron chi connectivity index (χ0n) is 12.0. The van der Waals surface area contributed by atoms with Crippen molar-refractivity contribution < 1.29 is 55.1 Å². The fourth-order valence-corrected chi connectivity index (χ4v) is 2.46. The van der Waals surface area contributed by atoms with E-state index in [1.165, 1.54) is 0 Å². The van der Waals surface area contributed by atoms with Crippen LogP contribution in [0.5, 0.6) is 0 Å². The monoisotopic (exact) mass is 342 g/mol. The zero-order chi connectivity index (χ0) is 17.3. The molecule has 11 heteroatoms. The standard InChI is InChI=1S/C12H22O11/c13-1-3-5(14)8(17)10(19)12(23-3)21-2-4-6(15)7(16)9(18)11(20)22-4/h3-20H,1-2H2/t3-,4-,5-,6+,7-,8+,9-,10-,11+,12-/m1/s1. The first-order chi connectivity index (χ1) is 10.8. The number of hydrogen-bond acceptors (Lipinski definition) is 11. The Kier molecular flexibility index (Phi) is 6.27. The molecular weight excluding hydrogens is 320 g/mol. The van der Waals surface area contributed by atoms with Crippen LogP contribution >= 0.6 is 0 Å². The Hall–Kier alpha value is -0.440. The summed E-state index contributed by atoms with van der Waals surface area (Å²) in [6, 6.07) is 0. The summed E-state index contributed by atoms with van der Waals surface area (Å²) in [4.78, 5) is 0. The first kappa shape index (κ1) is 18.9. The lowest BCUT2D eigenvalue weighted by Gasteiger charge is -2.41. The minimum absolute atomic E-state index is 0.468. The third-order valence-electron chi connectivity index (χ3n) is 3.96. The minimum atomic E-state index is -1.74. The van der Waals surface area contributed by atoms with E-state index in [9.17, 15) is 35.7 Å². The average molecular weight is 342 g/mol. The lowest BCUT2D eigenvalue weighted by molar-refractivity contribution is -0.325. The summed E-state index contributed by atoms with van der Waals surface area (Å²) in [5.41, 5.74) is 0. The number of hydrogen-bond donors (Lipinski definition) is 8. The Bertz CT molecular complexity index is 380. The maximum absolute atomic E-state index is 9.78. The number of ether oxygens (including phenoxy) is 3. The van der Waals surface area contributed by atoms with Gasteiger partial charge in [0.15, 0.2) is 12.6 Å². The Morgan fingerprint density at radius 1 is 0.652 bits per heavy atom. The molecule has 0 spiro atoms. The van der Waals surface area contributed by atoms with E-state index in [4.69, 9.17) is 19.3 Å². The van der Waals surface area contributed by atoms with Crippen LogP contribution in [0.25, 0.3) is 0 Å². The Morgan fingerprint density at radius 3 is 1.83 bits per heavy atom. The van der Waals surface area contributed by atoms with Crippen molar-refractivity contribution in [1.29, 1.82) is 0 Å². The SMILES string of the molecule is OC[C@H]1O[C@@H](OC[C@H]2O[C@H](O)[C@H](O)[C@H](O)[C@H]2O)[C@H](O)[C@@H](O)[C@@H]1O.